The number of amides is 5. The van der Waals surface area contributed by atoms with Gasteiger partial charge in [0.15, 0.2) is 0 Å². The zero-order chi connectivity index (χ0) is 46.1. The highest BCUT2D eigenvalue weighted by atomic mass is 19.1. The molecule has 340 valence electrons. The molecule has 4 N–H and O–H groups in total. The second kappa shape index (κ2) is 24.3. The van der Waals surface area contributed by atoms with Crippen LogP contribution in [0.2, 0.25) is 0 Å². The zero-order valence-corrected chi connectivity index (χ0v) is 35.0. The monoisotopic (exact) mass is 884 g/mol. The number of nitrogens with one attached hydrogen (secondary N) is 3. The summed E-state index contributed by atoms with van der Waals surface area (Å²) in [5.74, 6) is -6.93. The van der Waals surface area contributed by atoms with Crippen LogP contribution >= 0.6 is 0 Å². The van der Waals surface area contributed by atoms with E-state index in [1.54, 1.807) is 31.2 Å². The molecule has 5 amide bonds. The van der Waals surface area contributed by atoms with Gasteiger partial charge in [0.25, 0.3) is 23.3 Å². The number of halogens is 2. The van der Waals surface area contributed by atoms with E-state index in [0.29, 0.717) is 36.6 Å². The van der Waals surface area contributed by atoms with Gasteiger partial charge in [-0.2, -0.15) is 0 Å². The summed E-state index contributed by atoms with van der Waals surface area (Å²) in [5, 5.41) is 17.1. The number of carbonyl (C=O) groups is 6. The van der Waals surface area contributed by atoms with Crippen molar-refractivity contribution in [2.75, 3.05) is 65.9 Å². The van der Waals surface area contributed by atoms with Gasteiger partial charge in [0, 0.05) is 70.8 Å². The largest absolute Gasteiger partial charge is 0.480 e. The lowest BCUT2D eigenvalue weighted by atomic mass is 10.00. The van der Waals surface area contributed by atoms with E-state index in [4.69, 9.17) is 18.9 Å². The summed E-state index contributed by atoms with van der Waals surface area (Å²) in [7, 11) is 2.88. The highest BCUT2D eigenvalue weighted by Crippen LogP contribution is 2.21. The Labute approximate surface area is 359 Å². The molecular weight excluding hydrogens is 834 g/mol. The van der Waals surface area contributed by atoms with E-state index < -0.39 is 64.1 Å². The zero-order valence-electron chi connectivity index (χ0n) is 35.0. The van der Waals surface area contributed by atoms with Gasteiger partial charge in [-0.3, -0.25) is 38.2 Å². The Morgan fingerprint density at radius 1 is 0.714 bits per heavy atom. The fourth-order valence-electron chi connectivity index (χ4n) is 6.13. The van der Waals surface area contributed by atoms with E-state index >= 15 is 8.78 Å². The third-order valence-electron chi connectivity index (χ3n) is 9.68. The molecule has 63 heavy (non-hydrogen) atoms. The Morgan fingerprint density at radius 2 is 1.25 bits per heavy atom. The number of aromatic nitrogens is 2. The van der Waals surface area contributed by atoms with E-state index in [1.165, 1.54) is 18.7 Å². The highest BCUT2D eigenvalue weighted by Gasteiger charge is 2.26. The van der Waals surface area contributed by atoms with Gasteiger partial charge in [-0.15, -0.1) is 0 Å². The molecule has 0 spiro atoms. The third-order valence-corrected chi connectivity index (χ3v) is 9.68. The second-order valence-electron chi connectivity index (χ2n) is 14.1. The predicted molar refractivity (Wildman–Crippen MR) is 219 cm³/mol. The van der Waals surface area contributed by atoms with Gasteiger partial charge < -0.3 is 44.6 Å². The molecule has 2 aromatic carbocycles. The number of hydrogen-bond donors (Lipinski definition) is 4. The minimum atomic E-state index is -1.57. The van der Waals surface area contributed by atoms with Crippen molar-refractivity contribution in [1.29, 1.82) is 0 Å². The van der Waals surface area contributed by atoms with Crippen molar-refractivity contribution >= 4 is 35.5 Å². The van der Waals surface area contributed by atoms with E-state index in [-0.39, 0.29) is 89.0 Å². The van der Waals surface area contributed by atoms with Crippen LogP contribution in [-0.4, -0.2) is 127 Å². The van der Waals surface area contributed by atoms with Crippen molar-refractivity contribution in [2.45, 2.75) is 38.8 Å². The van der Waals surface area contributed by atoms with Crippen LogP contribution < -0.4 is 27.2 Å². The number of hydrogen-bond acceptors (Lipinski definition) is 12. The minimum Gasteiger partial charge on any atom is -0.480 e. The average molecular weight is 885 g/mol. The summed E-state index contributed by atoms with van der Waals surface area (Å²) < 4.78 is 53.9. The maximum Gasteiger partial charge on any atom is 0.330 e. The Bertz CT molecular complexity index is 2250. The summed E-state index contributed by atoms with van der Waals surface area (Å²) in [4.78, 5) is 98.0. The number of imide groups is 1. The van der Waals surface area contributed by atoms with Crippen molar-refractivity contribution in [1.82, 2.24) is 30.0 Å². The standard InChI is InChI=1S/C42H50F2N6O13/c1-26-37(40(56)49(3)42(59)48(26)2)29-6-4-27(5-7-29)24-32(41(57)58)47-39(55)38-30(43)22-28(23-31(38)44)25-46-34(52)11-14-60-16-18-62-20-21-63-19-17-61-15-12-45-33(51)10-13-50-35(53)8-9-36(50)54/h4-9,22-23,32H,10-21,24-25H2,1-3H3,(H,45,51)(H,46,52)(H,47,55)(H,57,58)/t32-/m0/s1. The predicted octanol–water partition coefficient (Wildman–Crippen LogP) is 0.267. The van der Waals surface area contributed by atoms with Gasteiger partial charge in [-0.1, -0.05) is 24.3 Å². The number of benzene rings is 2. The van der Waals surface area contributed by atoms with Crippen LogP contribution in [0.3, 0.4) is 0 Å². The number of carboxylic acid groups (broad SMARTS) is 1. The quantitative estimate of drug-likeness (QED) is 0.0626. The van der Waals surface area contributed by atoms with Crippen molar-refractivity contribution < 1.29 is 61.6 Å². The molecule has 0 saturated heterocycles. The lowest BCUT2D eigenvalue weighted by molar-refractivity contribution is -0.139. The average Bonchev–Trinajstić information content (AvgIpc) is 3.57. The lowest BCUT2D eigenvalue weighted by Crippen LogP contribution is -2.43. The SMILES string of the molecule is Cc1c(-c2ccc(C[C@H](NC(=O)c3c(F)cc(CNC(=O)CCOCCOCCOCCOCCNC(=O)CCN4C(=O)C=CC4=O)cc3F)C(=O)O)cc2)c(=O)n(C)c(=O)n1C. The number of carboxylic acids is 1. The van der Waals surface area contributed by atoms with Crippen molar-refractivity contribution in [2.24, 2.45) is 14.1 Å². The van der Waals surface area contributed by atoms with Gasteiger partial charge in [-0.05, 0) is 35.7 Å². The van der Waals surface area contributed by atoms with Crippen molar-refractivity contribution in [3.8, 4) is 11.1 Å². The normalized spacial score (nSPS) is 12.7. The molecule has 0 aliphatic carbocycles. The molecule has 2 heterocycles. The molecule has 0 radical (unpaired) electrons. The van der Waals surface area contributed by atoms with Crippen LogP contribution in [0.25, 0.3) is 11.1 Å². The first-order valence-electron chi connectivity index (χ1n) is 19.8. The number of nitrogens with zero attached hydrogens (tertiary/aromatic N) is 3. The van der Waals surface area contributed by atoms with Crippen LogP contribution in [0, 0.1) is 18.6 Å². The molecular formula is C42H50F2N6O13. The Morgan fingerprint density at radius 3 is 1.83 bits per heavy atom. The molecule has 0 bridgehead atoms. The van der Waals surface area contributed by atoms with E-state index in [1.807, 2.05) is 0 Å². The fourth-order valence-corrected chi connectivity index (χ4v) is 6.13. The van der Waals surface area contributed by atoms with Gasteiger partial charge in [0.2, 0.25) is 11.8 Å². The Balaban J connectivity index is 1.06. The summed E-state index contributed by atoms with van der Waals surface area (Å²) in [6, 6.07) is 6.36. The van der Waals surface area contributed by atoms with Gasteiger partial charge in [-0.25, -0.2) is 18.4 Å². The summed E-state index contributed by atoms with van der Waals surface area (Å²) >= 11 is 0. The van der Waals surface area contributed by atoms with Crippen LogP contribution in [0.5, 0.6) is 0 Å². The minimum absolute atomic E-state index is 0.00310. The van der Waals surface area contributed by atoms with E-state index in [2.05, 4.69) is 16.0 Å². The van der Waals surface area contributed by atoms with Crippen LogP contribution in [0.1, 0.15) is 40.0 Å². The van der Waals surface area contributed by atoms with Crippen LogP contribution in [0.15, 0.2) is 58.1 Å². The first-order valence-corrected chi connectivity index (χ1v) is 19.8. The first kappa shape index (κ1) is 49.2. The van der Waals surface area contributed by atoms with Crippen molar-refractivity contribution in [3.63, 3.8) is 0 Å². The van der Waals surface area contributed by atoms with E-state index in [9.17, 15) is 43.5 Å². The molecule has 1 aliphatic heterocycles. The maximum atomic E-state index is 15.0. The molecule has 0 unspecified atom stereocenters. The lowest BCUT2D eigenvalue weighted by Gasteiger charge is -2.16. The second-order valence-corrected chi connectivity index (χ2v) is 14.1. The molecule has 1 aromatic heterocycles. The maximum absolute atomic E-state index is 15.0. The molecule has 3 aromatic rings. The molecule has 1 atom stereocenters. The first-order chi connectivity index (χ1) is 30.1. The molecule has 4 rings (SSSR count). The molecule has 0 fully saturated rings. The smallest absolute Gasteiger partial charge is 0.330 e. The van der Waals surface area contributed by atoms with Crippen LogP contribution in [0.4, 0.5) is 8.78 Å². The number of rotatable bonds is 26. The number of ether oxygens (including phenoxy) is 4. The molecule has 1 aliphatic rings. The number of carbonyl (C=O) groups excluding carboxylic acids is 5. The van der Waals surface area contributed by atoms with Gasteiger partial charge in [0.1, 0.15) is 23.2 Å². The molecule has 21 heteroatoms. The Kier molecular flexibility index (Phi) is 19.0. The topological polar surface area (TPSA) is 243 Å². The number of aliphatic carboxylic acids is 1. The fraction of sp³-hybridized carbons (Fsp3) is 0.429. The van der Waals surface area contributed by atoms with E-state index in [0.717, 1.165) is 33.8 Å². The van der Waals surface area contributed by atoms with Crippen molar-refractivity contribution in [3.05, 3.63) is 103 Å². The molecule has 0 saturated carbocycles. The summed E-state index contributed by atoms with van der Waals surface area (Å²) in [6.07, 6.45) is 2.00. The molecule has 19 nitrogen and oxygen atoms in total. The Hall–Kier alpha value is -6.42. The summed E-state index contributed by atoms with van der Waals surface area (Å²) in [6.45, 7) is 3.52. The van der Waals surface area contributed by atoms with Gasteiger partial charge in [0.05, 0.1) is 58.4 Å². The summed E-state index contributed by atoms with van der Waals surface area (Å²) in [5.41, 5.74) is -0.356. The highest BCUT2D eigenvalue weighted by molar-refractivity contribution is 6.13. The van der Waals surface area contributed by atoms with Crippen LogP contribution in [-0.2, 0) is 70.0 Å². The third kappa shape index (κ3) is 14.6. The van der Waals surface area contributed by atoms with Gasteiger partial charge >= 0.3 is 11.7 Å².